The van der Waals surface area contributed by atoms with Crippen LogP contribution in [0.5, 0.6) is 11.5 Å². The Hall–Kier alpha value is -2.82. The number of rotatable bonds is 14. The number of phenols is 1. The molecule has 2 aromatic rings. The number of phenolic OH excluding ortho intramolecular Hbond substituents is 1. The molecule has 9 nitrogen and oxygen atoms in total. The Labute approximate surface area is 244 Å². The number of carbonyl (C=O) groups excluding carboxylic acids is 1. The second-order valence-electron chi connectivity index (χ2n) is 10.6. The van der Waals surface area contributed by atoms with Crippen LogP contribution in [0.4, 0.5) is 10.5 Å². The van der Waals surface area contributed by atoms with E-state index in [-0.39, 0.29) is 30.5 Å². The minimum Gasteiger partial charge on any atom is -0.506 e. The molecule has 1 fully saturated rings. The number of amides is 2. The topological polar surface area (TPSA) is 120 Å². The highest BCUT2D eigenvalue weighted by Gasteiger charge is 2.24. The fraction of sp³-hybridized carbons (Fsp3) is 0.533. The van der Waals surface area contributed by atoms with Crippen LogP contribution >= 0.6 is 15.9 Å². The molecular formula is C30H40BrN3O6. The molecule has 1 saturated carbocycles. The summed E-state index contributed by atoms with van der Waals surface area (Å²) in [5.41, 5.74) is 2.28. The van der Waals surface area contributed by atoms with E-state index in [1.54, 1.807) is 6.07 Å². The number of nitrogens with one attached hydrogen (secondary N) is 2. The van der Waals surface area contributed by atoms with E-state index in [0.29, 0.717) is 37.3 Å². The number of fused-ring (bicyclic) bond motifs is 1. The van der Waals surface area contributed by atoms with Crippen LogP contribution in [0.25, 0.3) is 0 Å². The molecule has 2 atom stereocenters. The van der Waals surface area contributed by atoms with Crippen molar-refractivity contribution in [2.24, 2.45) is 5.92 Å². The summed E-state index contributed by atoms with van der Waals surface area (Å²) in [5, 5.41) is 25.7. The maximum Gasteiger partial charge on any atom is 0.407 e. The Morgan fingerprint density at radius 2 is 2.05 bits per heavy atom. The van der Waals surface area contributed by atoms with Crippen molar-refractivity contribution in [2.75, 3.05) is 44.7 Å². The highest BCUT2D eigenvalue weighted by Crippen LogP contribution is 2.39. The van der Waals surface area contributed by atoms with E-state index >= 15 is 0 Å². The third kappa shape index (κ3) is 9.11. The lowest BCUT2D eigenvalue weighted by molar-refractivity contribution is -0.118. The average molecular weight is 619 g/mol. The molecule has 0 bridgehead atoms. The van der Waals surface area contributed by atoms with Gasteiger partial charge in [0.2, 0.25) is 0 Å². The molecular weight excluding hydrogens is 578 g/mol. The highest BCUT2D eigenvalue weighted by molar-refractivity contribution is 9.10. The Kier molecular flexibility index (Phi) is 11.5. The number of carboxylic acid groups (broad SMARTS) is 1. The minimum atomic E-state index is -0.975. The van der Waals surface area contributed by atoms with E-state index in [1.165, 1.54) is 29.4 Å². The zero-order valence-corrected chi connectivity index (χ0v) is 24.5. The Bertz CT molecular complexity index is 1150. The second kappa shape index (κ2) is 15.3. The summed E-state index contributed by atoms with van der Waals surface area (Å²) in [7, 11) is 0. The predicted molar refractivity (Wildman–Crippen MR) is 157 cm³/mol. The molecule has 40 heavy (non-hydrogen) atoms. The minimum absolute atomic E-state index is 0.0704. The van der Waals surface area contributed by atoms with Gasteiger partial charge in [-0.15, -0.1) is 0 Å². The third-order valence-electron chi connectivity index (χ3n) is 7.64. The van der Waals surface area contributed by atoms with Gasteiger partial charge in [-0.2, -0.15) is 0 Å². The molecule has 1 aliphatic heterocycles. The van der Waals surface area contributed by atoms with Crippen molar-refractivity contribution in [2.45, 2.75) is 57.5 Å². The highest BCUT2D eigenvalue weighted by atomic mass is 79.9. The summed E-state index contributed by atoms with van der Waals surface area (Å²) in [5.74, 6) is 0.689. The zero-order valence-electron chi connectivity index (χ0n) is 22.9. The van der Waals surface area contributed by atoms with Crippen LogP contribution in [0.15, 0.2) is 40.9 Å². The molecule has 2 aliphatic rings. The van der Waals surface area contributed by atoms with Crippen LogP contribution in [-0.2, 0) is 22.4 Å². The fourth-order valence-electron chi connectivity index (χ4n) is 5.52. The van der Waals surface area contributed by atoms with Gasteiger partial charge in [-0.05, 0) is 80.3 Å². The molecule has 2 aromatic carbocycles. The van der Waals surface area contributed by atoms with Gasteiger partial charge < -0.3 is 35.2 Å². The van der Waals surface area contributed by atoms with Crippen LogP contribution in [0.3, 0.4) is 0 Å². The second-order valence-corrected chi connectivity index (χ2v) is 11.5. The molecule has 218 valence electrons. The smallest absolute Gasteiger partial charge is 0.407 e. The normalized spacial score (nSPS) is 18.5. The largest absolute Gasteiger partial charge is 0.506 e. The van der Waals surface area contributed by atoms with Crippen molar-refractivity contribution in [3.63, 3.8) is 0 Å². The van der Waals surface area contributed by atoms with Crippen molar-refractivity contribution in [3.8, 4) is 11.5 Å². The molecule has 4 rings (SSSR count). The predicted octanol–water partition coefficient (Wildman–Crippen LogP) is 5.20. The Morgan fingerprint density at radius 3 is 2.88 bits per heavy atom. The number of nitrogens with zero attached hydrogens (tertiary/aromatic N) is 1. The zero-order chi connectivity index (χ0) is 28.3. The van der Waals surface area contributed by atoms with Gasteiger partial charge in [0.1, 0.15) is 11.4 Å². The summed E-state index contributed by atoms with van der Waals surface area (Å²) in [6.45, 7) is 2.74. The number of aromatic hydroxyl groups is 1. The third-order valence-corrected chi connectivity index (χ3v) is 8.14. The SMILES string of the molecule is O=C1COc2c(CCN(CCNCCCC3CCCC(OCCc4cccc(Br)c4)C3)C(=O)O)ccc(O)c2N1. The van der Waals surface area contributed by atoms with Crippen LogP contribution < -0.4 is 15.4 Å². The molecule has 1 aliphatic carbocycles. The lowest BCUT2D eigenvalue weighted by Gasteiger charge is -2.29. The molecule has 10 heteroatoms. The van der Waals surface area contributed by atoms with Gasteiger partial charge in [0, 0.05) is 24.1 Å². The summed E-state index contributed by atoms with van der Waals surface area (Å²) >= 11 is 3.53. The number of carbonyl (C=O) groups is 2. The number of anilines is 1. The lowest BCUT2D eigenvalue weighted by Crippen LogP contribution is -2.37. The monoisotopic (exact) mass is 617 g/mol. The molecule has 0 radical (unpaired) electrons. The van der Waals surface area contributed by atoms with Crippen molar-refractivity contribution in [1.29, 1.82) is 0 Å². The molecule has 2 unspecified atom stereocenters. The summed E-state index contributed by atoms with van der Waals surface area (Å²) in [4.78, 5) is 24.8. The first-order valence-corrected chi connectivity index (χ1v) is 15.0. The first kappa shape index (κ1) is 30.1. The van der Waals surface area contributed by atoms with Crippen LogP contribution in [0.2, 0.25) is 0 Å². The van der Waals surface area contributed by atoms with Gasteiger partial charge in [-0.3, -0.25) is 4.79 Å². The van der Waals surface area contributed by atoms with Gasteiger partial charge >= 0.3 is 6.09 Å². The molecule has 4 N–H and O–H groups in total. The van der Waals surface area contributed by atoms with Gasteiger partial charge in [-0.25, -0.2) is 4.79 Å². The number of ether oxygens (including phenoxy) is 2. The number of halogens is 1. The number of hydrogen-bond donors (Lipinski definition) is 4. The summed E-state index contributed by atoms with van der Waals surface area (Å²) in [6, 6.07) is 11.6. The Balaban J connectivity index is 1.10. The molecule has 0 spiro atoms. The first-order valence-electron chi connectivity index (χ1n) is 14.2. The van der Waals surface area contributed by atoms with E-state index in [4.69, 9.17) is 9.47 Å². The fourth-order valence-corrected chi connectivity index (χ4v) is 5.96. The summed E-state index contributed by atoms with van der Waals surface area (Å²) in [6.07, 6.45) is 7.68. The number of benzene rings is 2. The van der Waals surface area contributed by atoms with Gasteiger partial charge in [0.05, 0.1) is 12.7 Å². The van der Waals surface area contributed by atoms with Crippen LogP contribution in [0.1, 0.15) is 49.7 Å². The number of hydrogen-bond acceptors (Lipinski definition) is 6. The standard InChI is InChI=1S/C30H40BrN3O6/c31-24-7-1-4-22(18-24)12-17-39-25-8-2-5-21(19-25)6-3-13-32-14-16-34(30(37)38)15-11-23-9-10-26(35)28-29(23)40-20-27(36)33-28/h1,4,7,9-10,18,21,25,32,35H,2-3,5-6,8,11-17,19-20H2,(H,33,36)(H,37,38). The van der Waals surface area contributed by atoms with Crippen LogP contribution in [0, 0.1) is 5.92 Å². The molecule has 0 aromatic heterocycles. The van der Waals surface area contributed by atoms with E-state index in [0.717, 1.165) is 55.3 Å². The quantitative estimate of drug-likeness (QED) is 0.170. The van der Waals surface area contributed by atoms with E-state index in [1.807, 2.05) is 6.07 Å². The summed E-state index contributed by atoms with van der Waals surface area (Å²) < 4.78 is 12.8. The average Bonchev–Trinajstić information content (AvgIpc) is 2.93. The molecule has 0 saturated heterocycles. The molecule has 1 heterocycles. The lowest BCUT2D eigenvalue weighted by atomic mass is 9.84. The van der Waals surface area contributed by atoms with E-state index in [2.05, 4.69) is 44.8 Å². The maximum atomic E-state index is 11.8. The van der Waals surface area contributed by atoms with Crippen molar-refractivity contribution < 1.29 is 29.3 Å². The Morgan fingerprint density at radius 1 is 1.18 bits per heavy atom. The van der Waals surface area contributed by atoms with Crippen LogP contribution in [-0.4, -0.2) is 72.6 Å². The maximum absolute atomic E-state index is 11.8. The van der Waals surface area contributed by atoms with Gasteiger partial charge in [0.15, 0.2) is 12.4 Å². The molecule has 2 amide bonds. The van der Waals surface area contributed by atoms with E-state index < -0.39 is 6.09 Å². The van der Waals surface area contributed by atoms with Crippen molar-refractivity contribution in [1.82, 2.24) is 10.2 Å². The van der Waals surface area contributed by atoms with E-state index in [9.17, 15) is 19.8 Å². The van der Waals surface area contributed by atoms with Gasteiger partial charge in [0.25, 0.3) is 5.91 Å². The first-order chi connectivity index (χ1) is 19.4. The van der Waals surface area contributed by atoms with Crippen molar-refractivity contribution >= 4 is 33.6 Å². The van der Waals surface area contributed by atoms with Gasteiger partial charge in [-0.1, -0.05) is 47.0 Å². The van der Waals surface area contributed by atoms with Crippen molar-refractivity contribution in [3.05, 3.63) is 52.0 Å².